The van der Waals surface area contributed by atoms with Crippen LogP contribution in [0.5, 0.6) is 0 Å². The molecule has 0 aliphatic heterocycles. The fourth-order valence-electron chi connectivity index (χ4n) is 1.80. The van der Waals surface area contributed by atoms with Gasteiger partial charge in [0.25, 0.3) is 0 Å². The van der Waals surface area contributed by atoms with Crippen LogP contribution < -0.4 is 10.6 Å². The molecule has 5 heteroatoms. The summed E-state index contributed by atoms with van der Waals surface area (Å²) in [5.41, 5.74) is 1.07. The number of benzene rings is 1. The Balaban J connectivity index is 2.41. The Morgan fingerprint density at radius 1 is 1.23 bits per heavy atom. The molecule has 118 valence electrons. The summed E-state index contributed by atoms with van der Waals surface area (Å²) in [6.45, 7) is 7.69. The monoisotopic (exact) mass is 301 g/mol. The summed E-state index contributed by atoms with van der Waals surface area (Å²) < 4.78 is 0. The van der Waals surface area contributed by atoms with Gasteiger partial charge in [-0.05, 0) is 24.6 Å². The molecule has 1 atom stereocenters. The molecule has 0 radical (unpaired) electrons. The maximum atomic E-state index is 11.9. The average Bonchev–Trinajstić information content (AvgIpc) is 2.46. The van der Waals surface area contributed by atoms with Gasteiger partial charge in [-0.3, -0.25) is 9.59 Å². The SMILES string of the molecule is CC(NC(=O)CCNC(=O)C(C)(C)C)c1ccc(C#N)cc1. The molecule has 0 aromatic heterocycles. The van der Waals surface area contributed by atoms with Gasteiger partial charge in [0.15, 0.2) is 0 Å². The predicted molar refractivity (Wildman–Crippen MR) is 84.8 cm³/mol. The van der Waals surface area contributed by atoms with Gasteiger partial charge in [-0.15, -0.1) is 0 Å². The van der Waals surface area contributed by atoms with Gasteiger partial charge >= 0.3 is 0 Å². The van der Waals surface area contributed by atoms with E-state index in [1.807, 2.05) is 39.8 Å². The molecule has 22 heavy (non-hydrogen) atoms. The first-order valence-electron chi connectivity index (χ1n) is 7.32. The molecule has 1 aromatic rings. The molecule has 0 fully saturated rings. The van der Waals surface area contributed by atoms with Gasteiger partial charge in [0.05, 0.1) is 17.7 Å². The van der Waals surface area contributed by atoms with E-state index < -0.39 is 5.41 Å². The van der Waals surface area contributed by atoms with Crippen molar-refractivity contribution < 1.29 is 9.59 Å². The van der Waals surface area contributed by atoms with Crippen LogP contribution in [0, 0.1) is 16.7 Å². The third kappa shape index (κ3) is 5.57. The van der Waals surface area contributed by atoms with E-state index >= 15 is 0 Å². The second-order valence-corrected chi connectivity index (χ2v) is 6.28. The summed E-state index contributed by atoms with van der Waals surface area (Å²) in [5.74, 6) is -0.188. The largest absolute Gasteiger partial charge is 0.355 e. The van der Waals surface area contributed by atoms with Gasteiger partial charge < -0.3 is 10.6 Å². The number of hydrogen-bond acceptors (Lipinski definition) is 3. The molecule has 2 amide bonds. The molecule has 1 aromatic carbocycles. The Kier molecular flexibility index (Phi) is 6.11. The molecular formula is C17H23N3O2. The molecule has 2 N–H and O–H groups in total. The number of carbonyl (C=O) groups is 2. The second-order valence-electron chi connectivity index (χ2n) is 6.28. The molecule has 5 nitrogen and oxygen atoms in total. The van der Waals surface area contributed by atoms with E-state index in [1.54, 1.807) is 12.1 Å². The third-order valence-electron chi connectivity index (χ3n) is 3.24. The lowest BCUT2D eigenvalue weighted by Crippen LogP contribution is -2.37. The average molecular weight is 301 g/mol. The van der Waals surface area contributed by atoms with E-state index in [1.165, 1.54) is 0 Å². The zero-order chi connectivity index (χ0) is 16.8. The number of nitrogens with zero attached hydrogens (tertiary/aromatic N) is 1. The number of hydrogen-bond donors (Lipinski definition) is 2. The molecule has 1 rings (SSSR count). The lowest BCUT2D eigenvalue weighted by atomic mass is 9.96. The molecule has 0 saturated carbocycles. The maximum absolute atomic E-state index is 11.9. The van der Waals surface area contributed by atoms with E-state index in [4.69, 9.17) is 5.26 Å². The van der Waals surface area contributed by atoms with Crippen molar-refractivity contribution in [1.29, 1.82) is 5.26 Å². The molecule has 0 saturated heterocycles. The van der Waals surface area contributed by atoms with Crippen molar-refractivity contribution in [3.8, 4) is 6.07 Å². The third-order valence-corrected chi connectivity index (χ3v) is 3.24. The van der Waals surface area contributed by atoms with Crippen LogP contribution in [-0.4, -0.2) is 18.4 Å². The van der Waals surface area contributed by atoms with Crippen LogP contribution in [0.4, 0.5) is 0 Å². The van der Waals surface area contributed by atoms with Gasteiger partial charge in [-0.25, -0.2) is 0 Å². The van der Waals surface area contributed by atoms with Crippen molar-refractivity contribution in [2.24, 2.45) is 5.41 Å². The van der Waals surface area contributed by atoms with E-state index in [0.29, 0.717) is 12.1 Å². The minimum atomic E-state index is -0.452. The maximum Gasteiger partial charge on any atom is 0.225 e. The number of nitriles is 1. The van der Waals surface area contributed by atoms with Gasteiger partial charge in [-0.2, -0.15) is 5.26 Å². The van der Waals surface area contributed by atoms with Crippen LogP contribution >= 0.6 is 0 Å². The first-order valence-corrected chi connectivity index (χ1v) is 7.32. The number of carbonyl (C=O) groups excluding carboxylic acids is 2. The van der Waals surface area contributed by atoms with Crippen molar-refractivity contribution in [2.75, 3.05) is 6.54 Å². The van der Waals surface area contributed by atoms with E-state index in [-0.39, 0.29) is 24.3 Å². The molecule has 1 unspecified atom stereocenters. The number of amides is 2. The van der Waals surface area contributed by atoms with Gasteiger partial charge in [0, 0.05) is 18.4 Å². The summed E-state index contributed by atoms with van der Waals surface area (Å²) in [7, 11) is 0. The van der Waals surface area contributed by atoms with Gasteiger partial charge in [0.2, 0.25) is 11.8 Å². The van der Waals surface area contributed by atoms with Crippen LogP contribution in [0.25, 0.3) is 0 Å². The fourth-order valence-corrected chi connectivity index (χ4v) is 1.80. The smallest absolute Gasteiger partial charge is 0.225 e. The summed E-state index contributed by atoms with van der Waals surface area (Å²) in [4.78, 5) is 23.5. The highest BCUT2D eigenvalue weighted by molar-refractivity contribution is 5.82. The molecule has 0 aliphatic rings. The molecule has 0 aliphatic carbocycles. The first-order chi connectivity index (χ1) is 10.2. The Labute approximate surface area is 131 Å². The highest BCUT2D eigenvalue weighted by Gasteiger charge is 2.20. The minimum absolute atomic E-state index is 0.0690. The van der Waals surface area contributed by atoms with Crippen LogP contribution in [0.3, 0.4) is 0 Å². The standard InChI is InChI=1S/C17H23N3O2/c1-12(14-7-5-13(11-18)6-8-14)20-15(21)9-10-19-16(22)17(2,3)4/h5-8,12H,9-10H2,1-4H3,(H,19,22)(H,20,21). The van der Waals surface area contributed by atoms with E-state index in [0.717, 1.165) is 5.56 Å². The summed E-state index contributed by atoms with van der Waals surface area (Å²) >= 11 is 0. The lowest BCUT2D eigenvalue weighted by Gasteiger charge is -2.18. The van der Waals surface area contributed by atoms with Gasteiger partial charge in [0.1, 0.15) is 0 Å². The Morgan fingerprint density at radius 3 is 2.32 bits per heavy atom. The van der Waals surface area contributed by atoms with Crippen LogP contribution in [0.15, 0.2) is 24.3 Å². The Morgan fingerprint density at radius 2 is 1.82 bits per heavy atom. The minimum Gasteiger partial charge on any atom is -0.355 e. The Bertz CT molecular complexity index is 565. The fraction of sp³-hybridized carbons (Fsp3) is 0.471. The highest BCUT2D eigenvalue weighted by Crippen LogP contribution is 2.14. The molecule has 0 heterocycles. The quantitative estimate of drug-likeness (QED) is 0.875. The van der Waals surface area contributed by atoms with Crippen LogP contribution in [0.2, 0.25) is 0 Å². The van der Waals surface area contributed by atoms with Crippen molar-refractivity contribution in [3.63, 3.8) is 0 Å². The topological polar surface area (TPSA) is 82.0 Å². The van der Waals surface area contributed by atoms with Crippen LogP contribution in [-0.2, 0) is 9.59 Å². The van der Waals surface area contributed by atoms with Crippen molar-refractivity contribution >= 4 is 11.8 Å². The molecule has 0 spiro atoms. The zero-order valence-corrected chi connectivity index (χ0v) is 13.6. The normalized spacial score (nSPS) is 12.1. The van der Waals surface area contributed by atoms with Crippen molar-refractivity contribution in [1.82, 2.24) is 10.6 Å². The van der Waals surface area contributed by atoms with Crippen LogP contribution in [0.1, 0.15) is 51.3 Å². The van der Waals surface area contributed by atoms with E-state index in [9.17, 15) is 9.59 Å². The van der Waals surface area contributed by atoms with Crippen molar-refractivity contribution in [3.05, 3.63) is 35.4 Å². The summed E-state index contributed by atoms with van der Waals surface area (Å²) in [5, 5.41) is 14.4. The zero-order valence-electron chi connectivity index (χ0n) is 13.6. The second kappa shape index (κ2) is 7.60. The van der Waals surface area contributed by atoms with Gasteiger partial charge in [-0.1, -0.05) is 32.9 Å². The number of rotatable bonds is 5. The number of nitrogens with one attached hydrogen (secondary N) is 2. The Hall–Kier alpha value is -2.35. The molecule has 0 bridgehead atoms. The van der Waals surface area contributed by atoms with E-state index in [2.05, 4.69) is 16.7 Å². The summed E-state index contributed by atoms with van der Waals surface area (Å²) in [6, 6.07) is 9.01. The highest BCUT2D eigenvalue weighted by atomic mass is 16.2. The predicted octanol–water partition coefficient (Wildman–Crippen LogP) is 2.29. The summed E-state index contributed by atoms with van der Waals surface area (Å²) in [6.07, 6.45) is 0.239. The first kappa shape index (κ1) is 17.7. The molecular weight excluding hydrogens is 278 g/mol. The van der Waals surface area contributed by atoms with Crippen molar-refractivity contribution in [2.45, 2.75) is 40.2 Å². The lowest BCUT2D eigenvalue weighted by molar-refractivity contribution is -0.128.